The first-order chi connectivity index (χ1) is 15.6. The number of aromatic nitrogens is 2. The van der Waals surface area contributed by atoms with Crippen LogP contribution in [-0.2, 0) is 4.79 Å². The molecule has 0 aliphatic heterocycles. The van der Waals surface area contributed by atoms with Gasteiger partial charge in [-0.15, -0.1) is 0 Å². The van der Waals surface area contributed by atoms with Crippen LogP contribution >= 0.6 is 11.8 Å². The molecule has 0 radical (unpaired) electrons. The molecule has 168 valence electrons. The Morgan fingerprint density at radius 3 is 2.59 bits per heavy atom. The molecule has 1 aliphatic rings. The maximum Gasteiger partial charge on any atom is 0.266 e. The third-order valence-corrected chi connectivity index (χ3v) is 6.81. The maximum absolute atomic E-state index is 13.4. The molecule has 32 heavy (non-hydrogen) atoms. The zero-order chi connectivity index (χ0) is 22.5. The fourth-order valence-corrected chi connectivity index (χ4v) is 4.99. The van der Waals surface area contributed by atoms with E-state index in [2.05, 4.69) is 5.32 Å². The second kappa shape index (κ2) is 10.2. The molecular weight excluding hydrogens is 422 g/mol. The number of nitrogens with zero attached hydrogens (tertiary/aromatic N) is 2. The summed E-state index contributed by atoms with van der Waals surface area (Å²) in [7, 11) is 0. The monoisotopic (exact) mass is 451 g/mol. The second-order valence-corrected chi connectivity index (χ2v) is 9.39. The lowest BCUT2D eigenvalue weighted by atomic mass is 9.95. The SMILES string of the molecule is CCOc1ccc(-n2c(SC(C)C(=O)NC3CCCCC3)nc3ccccc3c2=O)cc1. The Bertz CT molecular complexity index is 1140. The smallest absolute Gasteiger partial charge is 0.266 e. The van der Waals surface area contributed by atoms with Crippen molar-refractivity contribution in [1.29, 1.82) is 0 Å². The molecule has 1 unspecified atom stereocenters. The Morgan fingerprint density at radius 2 is 1.88 bits per heavy atom. The van der Waals surface area contributed by atoms with E-state index in [9.17, 15) is 9.59 Å². The Labute approximate surface area is 192 Å². The molecule has 2 aromatic carbocycles. The first-order valence-corrected chi connectivity index (χ1v) is 12.2. The van der Waals surface area contributed by atoms with E-state index in [1.807, 2.05) is 56.3 Å². The second-order valence-electron chi connectivity index (χ2n) is 8.08. The number of nitrogens with one attached hydrogen (secondary N) is 1. The zero-order valence-electron chi connectivity index (χ0n) is 18.5. The molecular formula is C25H29N3O3S. The minimum absolute atomic E-state index is 0.0115. The molecule has 1 aliphatic carbocycles. The highest BCUT2D eigenvalue weighted by atomic mass is 32.2. The van der Waals surface area contributed by atoms with Crippen molar-refractivity contribution in [3.05, 3.63) is 58.9 Å². The average Bonchev–Trinajstić information content (AvgIpc) is 2.81. The van der Waals surface area contributed by atoms with Gasteiger partial charge in [-0.25, -0.2) is 4.98 Å². The lowest BCUT2D eigenvalue weighted by Gasteiger charge is -2.24. The van der Waals surface area contributed by atoms with E-state index in [0.29, 0.717) is 28.4 Å². The van der Waals surface area contributed by atoms with E-state index in [1.165, 1.54) is 18.2 Å². The number of rotatable bonds is 7. The average molecular weight is 452 g/mol. The molecule has 7 heteroatoms. The molecule has 0 bridgehead atoms. The van der Waals surface area contributed by atoms with E-state index in [-0.39, 0.29) is 22.8 Å². The summed E-state index contributed by atoms with van der Waals surface area (Å²) in [4.78, 5) is 31.0. The molecule has 1 N–H and O–H groups in total. The first kappa shape index (κ1) is 22.4. The number of para-hydroxylation sites is 1. The van der Waals surface area contributed by atoms with Gasteiger partial charge in [0, 0.05) is 6.04 Å². The standard InChI is InChI=1S/C25H29N3O3S/c1-3-31-20-15-13-19(14-16-20)28-24(30)21-11-7-8-12-22(21)27-25(28)32-17(2)23(29)26-18-9-5-4-6-10-18/h7-8,11-18H,3-6,9-10H2,1-2H3,(H,26,29). The molecule has 1 heterocycles. The van der Waals surface area contributed by atoms with Gasteiger partial charge >= 0.3 is 0 Å². The number of fused-ring (bicyclic) bond motifs is 1. The van der Waals surface area contributed by atoms with Crippen LogP contribution in [0.2, 0.25) is 0 Å². The van der Waals surface area contributed by atoms with Crippen LogP contribution in [0.3, 0.4) is 0 Å². The molecule has 4 rings (SSSR count). The Hall–Kier alpha value is -2.80. The van der Waals surface area contributed by atoms with Gasteiger partial charge < -0.3 is 10.1 Å². The molecule has 1 atom stereocenters. The number of carbonyl (C=O) groups is 1. The zero-order valence-corrected chi connectivity index (χ0v) is 19.4. The Kier molecular flexibility index (Phi) is 7.15. The molecule has 0 spiro atoms. The van der Waals surface area contributed by atoms with Crippen molar-refractivity contribution in [3.63, 3.8) is 0 Å². The first-order valence-electron chi connectivity index (χ1n) is 11.3. The van der Waals surface area contributed by atoms with Crippen LogP contribution in [0.5, 0.6) is 5.75 Å². The molecule has 6 nitrogen and oxygen atoms in total. The number of thioether (sulfide) groups is 1. The van der Waals surface area contributed by atoms with Crippen LogP contribution in [0.15, 0.2) is 58.5 Å². The van der Waals surface area contributed by atoms with Crippen LogP contribution in [-0.4, -0.2) is 33.4 Å². The van der Waals surface area contributed by atoms with Gasteiger partial charge in [-0.3, -0.25) is 14.2 Å². The Balaban J connectivity index is 1.67. The lowest BCUT2D eigenvalue weighted by Crippen LogP contribution is -2.40. The van der Waals surface area contributed by atoms with Crippen LogP contribution < -0.4 is 15.6 Å². The summed E-state index contributed by atoms with van der Waals surface area (Å²) in [6.07, 6.45) is 5.64. The van der Waals surface area contributed by atoms with E-state index in [4.69, 9.17) is 9.72 Å². The topological polar surface area (TPSA) is 73.2 Å². The van der Waals surface area contributed by atoms with Gasteiger partial charge in [-0.05, 0) is 63.1 Å². The normalized spacial score (nSPS) is 15.4. The third-order valence-electron chi connectivity index (χ3n) is 5.75. The van der Waals surface area contributed by atoms with E-state index < -0.39 is 0 Å². The van der Waals surface area contributed by atoms with Gasteiger partial charge in [-0.2, -0.15) is 0 Å². The molecule has 1 fully saturated rings. The highest BCUT2D eigenvalue weighted by Crippen LogP contribution is 2.27. The van der Waals surface area contributed by atoms with Crippen molar-refractivity contribution < 1.29 is 9.53 Å². The number of amides is 1. The van der Waals surface area contributed by atoms with Crippen molar-refractivity contribution in [1.82, 2.24) is 14.9 Å². The van der Waals surface area contributed by atoms with E-state index in [0.717, 1.165) is 31.4 Å². The van der Waals surface area contributed by atoms with Gasteiger partial charge in [0.2, 0.25) is 5.91 Å². The molecule has 1 aromatic heterocycles. The summed E-state index contributed by atoms with van der Waals surface area (Å²) in [6.45, 7) is 4.37. The van der Waals surface area contributed by atoms with Crippen LogP contribution in [0.4, 0.5) is 0 Å². The summed E-state index contributed by atoms with van der Waals surface area (Å²) >= 11 is 1.31. The van der Waals surface area contributed by atoms with Gasteiger partial charge in [0.05, 0.1) is 28.4 Å². The van der Waals surface area contributed by atoms with Gasteiger partial charge in [0.25, 0.3) is 5.56 Å². The number of benzene rings is 2. The minimum atomic E-state index is -0.376. The lowest BCUT2D eigenvalue weighted by molar-refractivity contribution is -0.121. The van der Waals surface area contributed by atoms with E-state index >= 15 is 0 Å². The summed E-state index contributed by atoms with van der Waals surface area (Å²) in [5.74, 6) is 0.732. The summed E-state index contributed by atoms with van der Waals surface area (Å²) in [5, 5.41) is 3.85. The molecule has 0 saturated heterocycles. The molecule has 1 amide bonds. The van der Waals surface area contributed by atoms with Crippen molar-refractivity contribution in [2.24, 2.45) is 0 Å². The summed E-state index contributed by atoms with van der Waals surface area (Å²) < 4.78 is 7.12. The maximum atomic E-state index is 13.4. The predicted molar refractivity (Wildman–Crippen MR) is 129 cm³/mol. The van der Waals surface area contributed by atoms with Crippen LogP contribution in [0.25, 0.3) is 16.6 Å². The fourth-order valence-electron chi connectivity index (χ4n) is 4.05. The number of carbonyl (C=O) groups excluding carboxylic acids is 1. The predicted octanol–water partition coefficient (Wildman–Crippen LogP) is 4.71. The van der Waals surface area contributed by atoms with Crippen molar-refractivity contribution in [2.45, 2.75) is 62.4 Å². The largest absolute Gasteiger partial charge is 0.494 e. The number of hydrogen-bond donors (Lipinski definition) is 1. The van der Waals surface area contributed by atoms with Gasteiger partial charge in [0.1, 0.15) is 5.75 Å². The highest BCUT2D eigenvalue weighted by molar-refractivity contribution is 8.00. The third kappa shape index (κ3) is 4.99. The van der Waals surface area contributed by atoms with Gasteiger partial charge in [-0.1, -0.05) is 43.2 Å². The summed E-state index contributed by atoms with van der Waals surface area (Å²) in [5.41, 5.74) is 1.17. The van der Waals surface area contributed by atoms with Crippen LogP contribution in [0.1, 0.15) is 46.0 Å². The van der Waals surface area contributed by atoms with Crippen molar-refractivity contribution >= 4 is 28.6 Å². The van der Waals surface area contributed by atoms with Crippen molar-refractivity contribution in [2.75, 3.05) is 6.61 Å². The Morgan fingerprint density at radius 1 is 1.16 bits per heavy atom. The van der Waals surface area contributed by atoms with Crippen molar-refractivity contribution in [3.8, 4) is 11.4 Å². The summed E-state index contributed by atoms with van der Waals surface area (Å²) in [6, 6.07) is 14.9. The van der Waals surface area contributed by atoms with Crippen LogP contribution in [0, 0.1) is 0 Å². The quantitative estimate of drug-likeness (QED) is 0.416. The molecule has 1 saturated carbocycles. The fraction of sp³-hybridized carbons (Fsp3) is 0.400. The molecule has 3 aromatic rings. The van der Waals surface area contributed by atoms with Gasteiger partial charge in [0.15, 0.2) is 5.16 Å². The number of ether oxygens (including phenoxy) is 1. The number of hydrogen-bond acceptors (Lipinski definition) is 5. The highest BCUT2D eigenvalue weighted by Gasteiger charge is 2.23. The minimum Gasteiger partial charge on any atom is -0.494 e. The van der Waals surface area contributed by atoms with E-state index in [1.54, 1.807) is 10.6 Å².